The SMILES string of the molecule is Cc1ccc(-c2ccccc2P(c2ccccc2)c2ccccc2-c2ccc(C)cc2)cc1. The van der Waals surface area contributed by atoms with Gasteiger partial charge in [-0.25, -0.2) is 0 Å². The molecular weight excluding hydrogens is 415 g/mol. The molecule has 0 bridgehead atoms. The molecule has 1 heteroatoms. The third-order valence-electron chi connectivity index (χ3n) is 6.03. The first kappa shape index (κ1) is 21.4. The standard InChI is InChI=1S/C32H27P/c1-24-16-20-26(21-17-24)29-12-6-8-14-31(29)33(28-10-4-3-5-11-28)32-15-9-7-13-30(32)27-22-18-25(2)19-23-27/h3-23H,1-2H3. The summed E-state index contributed by atoms with van der Waals surface area (Å²) >= 11 is 0. The maximum atomic E-state index is 2.32. The number of benzene rings is 5. The average Bonchev–Trinajstić information content (AvgIpc) is 2.87. The molecule has 0 radical (unpaired) electrons. The van der Waals surface area contributed by atoms with Crippen molar-refractivity contribution >= 4 is 23.8 Å². The van der Waals surface area contributed by atoms with Crippen LogP contribution in [0.2, 0.25) is 0 Å². The van der Waals surface area contributed by atoms with Crippen LogP contribution in [-0.2, 0) is 0 Å². The summed E-state index contributed by atoms with van der Waals surface area (Å²) < 4.78 is 0. The molecule has 33 heavy (non-hydrogen) atoms. The van der Waals surface area contributed by atoms with Gasteiger partial charge in [-0.2, -0.15) is 0 Å². The van der Waals surface area contributed by atoms with Gasteiger partial charge in [-0.1, -0.05) is 139 Å². The minimum Gasteiger partial charge on any atom is -0.0622 e. The fourth-order valence-corrected chi connectivity index (χ4v) is 6.92. The van der Waals surface area contributed by atoms with Crippen LogP contribution < -0.4 is 15.9 Å². The Morgan fingerprint density at radius 2 is 0.788 bits per heavy atom. The van der Waals surface area contributed by atoms with Gasteiger partial charge in [-0.15, -0.1) is 0 Å². The Morgan fingerprint density at radius 1 is 0.394 bits per heavy atom. The fraction of sp³-hybridized carbons (Fsp3) is 0.0625. The summed E-state index contributed by atoms with van der Waals surface area (Å²) in [4.78, 5) is 0. The van der Waals surface area contributed by atoms with Crippen LogP contribution in [0.5, 0.6) is 0 Å². The highest BCUT2D eigenvalue weighted by molar-refractivity contribution is 7.80. The third-order valence-corrected chi connectivity index (χ3v) is 8.59. The van der Waals surface area contributed by atoms with Gasteiger partial charge in [0.25, 0.3) is 0 Å². The monoisotopic (exact) mass is 442 g/mol. The molecule has 0 nitrogen and oxygen atoms in total. The van der Waals surface area contributed by atoms with E-state index in [9.17, 15) is 0 Å². The van der Waals surface area contributed by atoms with Gasteiger partial charge in [0.1, 0.15) is 0 Å². The lowest BCUT2D eigenvalue weighted by Crippen LogP contribution is -2.23. The van der Waals surface area contributed by atoms with Crippen molar-refractivity contribution in [1.29, 1.82) is 0 Å². The molecular formula is C32H27P. The van der Waals surface area contributed by atoms with E-state index in [1.807, 2.05) is 0 Å². The molecule has 160 valence electrons. The fourth-order valence-electron chi connectivity index (χ4n) is 4.28. The summed E-state index contributed by atoms with van der Waals surface area (Å²) in [5.41, 5.74) is 7.73. The molecule has 0 saturated heterocycles. The number of aryl methyl sites for hydroxylation is 2. The zero-order valence-electron chi connectivity index (χ0n) is 19.1. The van der Waals surface area contributed by atoms with Crippen molar-refractivity contribution in [2.24, 2.45) is 0 Å². The molecule has 0 aliphatic rings. The van der Waals surface area contributed by atoms with E-state index in [4.69, 9.17) is 0 Å². The Kier molecular flexibility index (Phi) is 6.20. The van der Waals surface area contributed by atoms with E-state index in [1.165, 1.54) is 49.3 Å². The summed E-state index contributed by atoms with van der Waals surface area (Å²) in [6.45, 7) is 4.29. The lowest BCUT2D eigenvalue weighted by molar-refractivity contribution is 1.47. The maximum absolute atomic E-state index is 2.32. The van der Waals surface area contributed by atoms with Crippen molar-refractivity contribution in [2.45, 2.75) is 13.8 Å². The highest BCUT2D eigenvalue weighted by Gasteiger charge is 2.22. The van der Waals surface area contributed by atoms with Crippen molar-refractivity contribution in [1.82, 2.24) is 0 Å². The minimum absolute atomic E-state index is 0.750. The molecule has 0 spiro atoms. The quantitative estimate of drug-likeness (QED) is 0.249. The topological polar surface area (TPSA) is 0 Å². The molecule has 0 heterocycles. The second-order valence-electron chi connectivity index (χ2n) is 8.44. The maximum Gasteiger partial charge on any atom is -0.00724 e. The van der Waals surface area contributed by atoms with E-state index in [2.05, 4.69) is 141 Å². The van der Waals surface area contributed by atoms with Gasteiger partial charge in [0.15, 0.2) is 0 Å². The van der Waals surface area contributed by atoms with Crippen LogP contribution in [0, 0.1) is 13.8 Å². The van der Waals surface area contributed by atoms with Crippen LogP contribution in [-0.4, -0.2) is 0 Å². The number of hydrogen-bond donors (Lipinski definition) is 0. The van der Waals surface area contributed by atoms with Gasteiger partial charge in [-0.05, 0) is 59.9 Å². The molecule has 0 aromatic heterocycles. The normalized spacial score (nSPS) is 11.0. The largest absolute Gasteiger partial charge is 0.0622 e. The molecule has 0 N–H and O–H groups in total. The smallest absolute Gasteiger partial charge is 0.00724 e. The van der Waals surface area contributed by atoms with Crippen molar-refractivity contribution in [2.75, 3.05) is 0 Å². The van der Waals surface area contributed by atoms with Crippen molar-refractivity contribution in [3.05, 3.63) is 139 Å². The van der Waals surface area contributed by atoms with E-state index in [-0.39, 0.29) is 0 Å². The van der Waals surface area contributed by atoms with Crippen molar-refractivity contribution in [3.8, 4) is 22.3 Å². The van der Waals surface area contributed by atoms with E-state index in [1.54, 1.807) is 0 Å². The summed E-state index contributed by atoms with van der Waals surface area (Å²) in [5, 5.41) is 4.15. The van der Waals surface area contributed by atoms with E-state index in [0.29, 0.717) is 0 Å². The van der Waals surface area contributed by atoms with Crippen LogP contribution in [0.15, 0.2) is 127 Å². The predicted molar refractivity (Wildman–Crippen MR) is 145 cm³/mol. The van der Waals surface area contributed by atoms with E-state index in [0.717, 1.165) is 0 Å². The molecule has 5 rings (SSSR count). The zero-order valence-corrected chi connectivity index (χ0v) is 20.0. The first-order chi connectivity index (χ1) is 16.2. The molecule has 0 fully saturated rings. The van der Waals surface area contributed by atoms with Gasteiger partial charge < -0.3 is 0 Å². The van der Waals surface area contributed by atoms with E-state index >= 15 is 0 Å². The second-order valence-corrected chi connectivity index (χ2v) is 10.6. The van der Waals surface area contributed by atoms with E-state index < -0.39 is 7.92 Å². The van der Waals surface area contributed by atoms with Crippen LogP contribution in [0.3, 0.4) is 0 Å². The van der Waals surface area contributed by atoms with Gasteiger partial charge in [-0.3, -0.25) is 0 Å². The Hall–Kier alpha value is -3.47. The van der Waals surface area contributed by atoms with Crippen LogP contribution >= 0.6 is 7.92 Å². The molecule has 0 saturated carbocycles. The molecule has 5 aromatic carbocycles. The molecule has 0 amide bonds. The van der Waals surface area contributed by atoms with Gasteiger partial charge in [0.2, 0.25) is 0 Å². The zero-order chi connectivity index (χ0) is 22.6. The lowest BCUT2D eigenvalue weighted by atomic mass is 10.0. The Labute approximate surface area is 198 Å². The van der Waals surface area contributed by atoms with Gasteiger partial charge in [0.05, 0.1) is 0 Å². The third kappa shape index (κ3) is 4.54. The molecule has 0 unspecified atom stereocenters. The summed E-state index contributed by atoms with van der Waals surface area (Å²) in [5.74, 6) is 0. The minimum atomic E-state index is -0.750. The predicted octanol–water partition coefficient (Wildman–Crippen LogP) is 7.40. The van der Waals surface area contributed by atoms with Gasteiger partial charge >= 0.3 is 0 Å². The summed E-state index contributed by atoms with van der Waals surface area (Å²) in [6, 6.07) is 46.7. The first-order valence-electron chi connectivity index (χ1n) is 11.4. The average molecular weight is 443 g/mol. The summed E-state index contributed by atoms with van der Waals surface area (Å²) in [6.07, 6.45) is 0. The lowest BCUT2D eigenvalue weighted by Gasteiger charge is -2.25. The molecule has 0 atom stereocenters. The van der Waals surface area contributed by atoms with Crippen molar-refractivity contribution < 1.29 is 0 Å². The summed E-state index contributed by atoms with van der Waals surface area (Å²) in [7, 11) is -0.750. The number of hydrogen-bond acceptors (Lipinski definition) is 0. The molecule has 5 aromatic rings. The Bertz CT molecular complexity index is 1260. The Balaban J connectivity index is 1.75. The highest BCUT2D eigenvalue weighted by Crippen LogP contribution is 2.40. The first-order valence-corrected chi connectivity index (χ1v) is 12.7. The van der Waals surface area contributed by atoms with Crippen molar-refractivity contribution in [3.63, 3.8) is 0 Å². The number of rotatable bonds is 5. The second kappa shape index (κ2) is 9.57. The van der Waals surface area contributed by atoms with Gasteiger partial charge in [0, 0.05) is 0 Å². The Morgan fingerprint density at radius 3 is 1.24 bits per heavy atom. The van der Waals surface area contributed by atoms with Crippen LogP contribution in [0.4, 0.5) is 0 Å². The van der Waals surface area contributed by atoms with Crippen LogP contribution in [0.1, 0.15) is 11.1 Å². The highest BCUT2D eigenvalue weighted by atomic mass is 31.1. The van der Waals surface area contributed by atoms with Crippen LogP contribution in [0.25, 0.3) is 22.3 Å². The molecule has 0 aliphatic heterocycles. The molecule has 0 aliphatic carbocycles.